The molecule has 0 amide bonds. The zero-order valence-corrected chi connectivity index (χ0v) is 18.6. The van der Waals surface area contributed by atoms with E-state index in [1.54, 1.807) is 24.3 Å². The fourth-order valence-electron chi connectivity index (χ4n) is 3.70. The van der Waals surface area contributed by atoms with Crippen molar-refractivity contribution in [3.8, 4) is 0 Å². The van der Waals surface area contributed by atoms with Gasteiger partial charge in [-0.15, -0.1) is 0 Å². The molecule has 0 aromatic heterocycles. The van der Waals surface area contributed by atoms with Crippen LogP contribution in [0.25, 0.3) is 0 Å². The molecular formula is C22H22N2O5S2. The monoisotopic (exact) mass is 458 g/mol. The molecule has 2 atom stereocenters. The van der Waals surface area contributed by atoms with Gasteiger partial charge in [0.05, 0.1) is 29.3 Å². The van der Waals surface area contributed by atoms with Gasteiger partial charge in [0, 0.05) is 11.3 Å². The van der Waals surface area contributed by atoms with Crippen molar-refractivity contribution in [1.29, 1.82) is 0 Å². The van der Waals surface area contributed by atoms with Crippen LogP contribution in [0, 0.1) is 0 Å². The molecule has 0 aliphatic carbocycles. The van der Waals surface area contributed by atoms with E-state index in [2.05, 4.69) is 4.99 Å². The van der Waals surface area contributed by atoms with E-state index in [4.69, 9.17) is 4.74 Å². The highest BCUT2D eigenvalue weighted by molar-refractivity contribution is 8.14. The number of hydrogen-bond acceptors (Lipinski definition) is 8. The topological polar surface area (TPSA) is 93.1 Å². The van der Waals surface area contributed by atoms with Gasteiger partial charge in [-0.25, -0.2) is 8.42 Å². The third-order valence-electron chi connectivity index (χ3n) is 5.22. The molecule has 2 aromatic rings. The number of esters is 1. The second-order valence-electron chi connectivity index (χ2n) is 7.53. The van der Waals surface area contributed by atoms with Crippen LogP contribution < -0.4 is 4.90 Å². The number of carbonyl (C=O) groups excluding carboxylic acids is 2. The molecule has 162 valence electrons. The number of fused-ring (bicyclic) bond motifs is 1. The number of ether oxygens (including phenoxy) is 1. The van der Waals surface area contributed by atoms with Crippen LogP contribution in [0.2, 0.25) is 0 Å². The molecule has 0 unspecified atom stereocenters. The lowest BCUT2D eigenvalue weighted by atomic mass is 10.1. The Kier molecular flexibility index (Phi) is 6.15. The Bertz CT molecular complexity index is 1110. The van der Waals surface area contributed by atoms with Crippen molar-refractivity contribution < 1.29 is 22.7 Å². The number of benzene rings is 2. The van der Waals surface area contributed by atoms with E-state index in [-0.39, 0.29) is 47.7 Å². The molecule has 0 saturated carbocycles. The van der Waals surface area contributed by atoms with E-state index in [0.29, 0.717) is 10.7 Å². The quantitative estimate of drug-likeness (QED) is 0.485. The third-order valence-corrected chi connectivity index (χ3v) is 7.86. The molecule has 2 heterocycles. The molecule has 0 bridgehead atoms. The van der Waals surface area contributed by atoms with Crippen LogP contribution in [0.1, 0.15) is 22.8 Å². The first-order valence-corrected chi connectivity index (χ1v) is 12.6. The van der Waals surface area contributed by atoms with E-state index in [1.165, 1.54) is 18.7 Å². The largest absolute Gasteiger partial charge is 0.460 e. The van der Waals surface area contributed by atoms with Crippen LogP contribution in [-0.4, -0.2) is 54.7 Å². The molecule has 1 saturated heterocycles. The number of rotatable bonds is 6. The Hall–Kier alpha value is -2.65. The summed E-state index contributed by atoms with van der Waals surface area (Å²) in [7, 11) is -3.17. The van der Waals surface area contributed by atoms with E-state index >= 15 is 0 Å². The number of hydrogen-bond donors (Lipinski definition) is 0. The van der Waals surface area contributed by atoms with Crippen LogP contribution in [-0.2, 0) is 26.0 Å². The summed E-state index contributed by atoms with van der Waals surface area (Å²) in [6.07, 6.45) is 0. The second-order valence-corrected chi connectivity index (χ2v) is 10.6. The third kappa shape index (κ3) is 4.99. The van der Waals surface area contributed by atoms with Crippen molar-refractivity contribution in [2.75, 3.05) is 22.2 Å². The molecule has 7 nitrogen and oxygen atoms in total. The summed E-state index contributed by atoms with van der Waals surface area (Å²) in [5.41, 5.74) is 2.23. The van der Waals surface area contributed by atoms with Gasteiger partial charge in [-0.1, -0.05) is 42.1 Å². The lowest BCUT2D eigenvalue weighted by Crippen LogP contribution is -2.39. The average Bonchev–Trinajstić information content (AvgIpc) is 3.22. The minimum atomic E-state index is -3.17. The van der Waals surface area contributed by atoms with Crippen molar-refractivity contribution in [3.63, 3.8) is 0 Å². The zero-order valence-electron chi connectivity index (χ0n) is 16.9. The summed E-state index contributed by atoms with van der Waals surface area (Å²) in [5.74, 6) is -0.327. The number of sulfone groups is 1. The summed E-state index contributed by atoms with van der Waals surface area (Å²) >= 11 is 1.24. The lowest BCUT2D eigenvalue weighted by Gasteiger charge is -2.26. The van der Waals surface area contributed by atoms with Gasteiger partial charge < -0.3 is 9.64 Å². The number of amidine groups is 1. The van der Waals surface area contributed by atoms with Gasteiger partial charge >= 0.3 is 5.97 Å². The molecule has 0 radical (unpaired) electrons. The van der Waals surface area contributed by atoms with Gasteiger partial charge in [-0.05, 0) is 36.8 Å². The van der Waals surface area contributed by atoms with Crippen LogP contribution in [0.15, 0.2) is 59.6 Å². The highest BCUT2D eigenvalue weighted by Crippen LogP contribution is 2.35. The van der Waals surface area contributed by atoms with Gasteiger partial charge in [-0.2, -0.15) is 0 Å². The van der Waals surface area contributed by atoms with Gasteiger partial charge in [0.2, 0.25) is 0 Å². The summed E-state index contributed by atoms with van der Waals surface area (Å²) in [6, 6.07) is 15.8. The Morgan fingerprint density at radius 3 is 2.48 bits per heavy atom. The van der Waals surface area contributed by atoms with Crippen molar-refractivity contribution in [2.45, 2.75) is 25.6 Å². The maximum atomic E-state index is 12.2. The van der Waals surface area contributed by atoms with Gasteiger partial charge in [-0.3, -0.25) is 14.6 Å². The molecule has 31 heavy (non-hydrogen) atoms. The maximum absolute atomic E-state index is 12.2. The summed E-state index contributed by atoms with van der Waals surface area (Å²) in [5, 5.41) is 0.595. The van der Waals surface area contributed by atoms with Gasteiger partial charge in [0.1, 0.15) is 6.61 Å². The van der Waals surface area contributed by atoms with E-state index < -0.39 is 9.84 Å². The number of thioether (sulfide) groups is 1. The number of ketones is 1. The maximum Gasteiger partial charge on any atom is 0.316 e. The minimum absolute atomic E-state index is 0.00219. The fourth-order valence-corrected chi connectivity index (χ4v) is 6.46. The second kappa shape index (κ2) is 8.84. The Morgan fingerprint density at radius 1 is 1.10 bits per heavy atom. The molecule has 2 aliphatic heterocycles. The minimum Gasteiger partial charge on any atom is -0.460 e. The first-order valence-electron chi connectivity index (χ1n) is 9.83. The number of Topliss-reactive ketones (excluding diaryl/α,β-unsaturated/α-hetero) is 1. The van der Waals surface area contributed by atoms with Gasteiger partial charge in [0.25, 0.3) is 0 Å². The zero-order chi connectivity index (χ0) is 22.0. The number of carbonyl (C=O) groups is 2. The average molecular weight is 459 g/mol. The molecular weight excluding hydrogens is 436 g/mol. The Morgan fingerprint density at radius 2 is 1.81 bits per heavy atom. The number of anilines is 1. The fraction of sp³-hybridized carbons (Fsp3) is 0.318. The Labute approximate surface area is 185 Å². The predicted molar refractivity (Wildman–Crippen MR) is 121 cm³/mol. The normalized spacial score (nSPS) is 21.5. The molecule has 2 aliphatic rings. The van der Waals surface area contributed by atoms with Crippen LogP contribution in [0.4, 0.5) is 5.69 Å². The standard InChI is InChI=1S/C22H22N2O5S2/c1-15(25)17-7-9-18(10-8-17)24-20-14-31(27,28)13-19(20)23-22(24)30-12-21(26)29-11-16-5-3-2-4-6-16/h2-10,19-20H,11-14H2,1H3/t19-,20+/m0/s1. The number of aliphatic imine (C=N–C) groups is 1. The smallest absolute Gasteiger partial charge is 0.316 e. The lowest BCUT2D eigenvalue weighted by molar-refractivity contribution is -0.141. The highest BCUT2D eigenvalue weighted by atomic mass is 32.2. The van der Waals surface area contributed by atoms with E-state index in [0.717, 1.165) is 11.3 Å². The van der Waals surface area contributed by atoms with Gasteiger partial charge in [0.15, 0.2) is 20.8 Å². The first-order chi connectivity index (χ1) is 14.8. The summed E-state index contributed by atoms with van der Waals surface area (Å²) in [4.78, 5) is 30.3. The van der Waals surface area contributed by atoms with Crippen LogP contribution in [0.5, 0.6) is 0 Å². The van der Waals surface area contributed by atoms with E-state index in [9.17, 15) is 18.0 Å². The first kappa shape index (κ1) is 21.6. The van der Waals surface area contributed by atoms with Crippen LogP contribution in [0.3, 0.4) is 0 Å². The molecule has 2 aromatic carbocycles. The van der Waals surface area contributed by atoms with Crippen LogP contribution >= 0.6 is 11.8 Å². The van der Waals surface area contributed by atoms with Crippen molar-refractivity contribution >= 4 is 44.2 Å². The van der Waals surface area contributed by atoms with Crippen molar-refractivity contribution in [1.82, 2.24) is 0 Å². The Balaban J connectivity index is 1.46. The van der Waals surface area contributed by atoms with E-state index in [1.807, 2.05) is 35.2 Å². The SMILES string of the molecule is CC(=O)c1ccc(N2C(SCC(=O)OCc3ccccc3)=N[C@H]3CS(=O)(=O)C[C@H]32)cc1. The number of nitrogens with zero attached hydrogens (tertiary/aromatic N) is 2. The summed E-state index contributed by atoms with van der Waals surface area (Å²) in [6.45, 7) is 1.70. The molecule has 1 fully saturated rings. The van der Waals surface area contributed by atoms with Crippen molar-refractivity contribution in [3.05, 3.63) is 65.7 Å². The summed E-state index contributed by atoms with van der Waals surface area (Å²) < 4.78 is 29.6. The molecule has 0 spiro atoms. The molecule has 4 rings (SSSR count). The highest BCUT2D eigenvalue weighted by Gasteiger charge is 2.47. The molecule has 0 N–H and O–H groups in total. The van der Waals surface area contributed by atoms with Crippen molar-refractivity contribution in [2.24, 2.45) is 4.99 Å². The predicted octanol–water partition coefficient (Wildman–Crippen LogP) is 2.71. The molecule has 9 heteroatoms.